The first kappa shape index (κ1) is 11.0. The summed E-state index contributed by atoms with van der Waals surface area (Å²) >= 11 is 3.50. The van der Waals surface area contributed by atoms with Crippen LogP contribution in [0.5, 0.6) is 5.75 Å². The van der Waals surface area contributed by atoms with Crippen molar-refractivity contribution in [2.24, 2.45) is 5.92 Å². The molecule has 1 aromatic carbocycles. The summed E-state index contributed by atoms with van der Waals surface area (Å²) in [5.41, 5.74) is 1.25. The number of hydrogen-bond donors (Lipinski definition) is 1. The van der Waals surface area contributed by atoms with E-state index in [9.17, 15) is 0 Å². The van der Waals surface area contributed by atoms with Crippen LogP contribution in [0.25, 0.3) is 0 Å². The predicted octanol–water partition coefficient (Wildman–Crippen LogP) is 2.96. The van der Waals surface area contributed by atoms with Crippen molar-refractivity contribution < 1.29 is 4.74 Å². The fraction of sp³-hybridized carbons (Fsp3) is 0.500. The first-order chi connectivity index (χ1) is 7.28. The molecule has 3 heteroatoms. The molecule has 0 aliphatic heterocycles. The SMILES string of the molecule is CNCc1cc(Br)cc(OCC2CC2)c1. The van der Waals surface area contributed by atoms with E-state index in [0.717, 1.165) is 29.3 Å². The molecule has 2 nitrogen and oxygen atoms in total. The van der Waals surface area contributed by atoms with E-state index in [1.165, 1.54) is 18.4 Å². The predicted molar refractivity (Wildman–Crippen MR) is 65.1 cm³/mol. The first-order valence-electron chi connectivity index (χ1n) is 5.35. The summed E-state index contributed by atoms with van der Waals surface area (Å²) in [5.74, 6) is 1.78. The number of benzene rings is 1. The Morgan fingerprint density at radius 2 is 2.20 bits per heavy atom. The van der Waals surface area contributed by atoms with Crippen LogP contribution in [0.4, 0.5) is 0 Å². The zero-order valence-electron chi connectivity index (χ0n) is 8.92. The van der Waals surface area contributed by atoms with Gasteiger partial charge in [-0.3, -0.25) is 0 Å². The Balaban J connectivity index is 2.00. The van der Waals surface area contributed by atoms with E-state index in [1.807, 2.05) is 13.1 Å². The molecule has 1 aliphatic rings. The van der Waals surface area contributed by atoms with Crippen LogP contribution in [0.15, 0.2) is 22.7 Å². The second-order valence-corrected chi connectivity index (χ2v) is 5.00. The highest BCUT2D eigenvalue weighted by atomic mass is 79.9. The van der Waals surface area contributed by atoms with Gasteiger partial charge in [-0.2, -0.15) is 0 Å². The third-order valence-corrected chi connectivity index (χ3v) is 2.95. The van der Waals surface area contributed by atoms with E-state index < -0.39 is 0 Å². The minimum absolute atomic E-state index is 0.803. The quantitative estimate of drug-likeness (QED) is 0.888. The highest BCUT2D eigenvalue weighted by Crippen LogP contribution is 2.30. The maximum Gasteiger partial charge on any atom is 0.120 e. The fourth-order valence-electron chi connectivity index (χ4n) is 1.51. The lowest BCUT2D eigenvalue weighted by Gasteiger charge is -2.08. The summed E-state index contributed by atoms with van der Waals surface area (Å²) in [5, 5.41) is 3.14. The smallest absolute Gasteiger partial charge is 0.120 e. The largest absolute Gasteiger partial charge is 0.493 e. The summed E-state index contributed by atoms with van der Waals surface area (Å²) in [4.78, 5) is 0. The fourth-order valence-corrected chi connectivity index (χ4v) is 2.03. The van der Waals surface area contributed by atoms with Gasteiger partial charge in [0, 0.05) is 11.0 Å². The molecule has 1 aromatic rings. The Hall–Kier alpha value is -0.540. The molecule has 1 saturated carbocycles. The van der Waals surface area contributed by atoms with Crippen LogP contribution in [0, 0.1) is 5.92 Å². The number of halogens is 1. The van der Waals surface area contributed by atoms with Gasteiger partial charge < -0.3 is 10.1 Å². The van der Waals surface area contributed by atoms with Crippen molar-refractivity contribution in [3.63, 3.8) is 0 Å². The highest BCUT2D eigenvalue weighted by Gasteiger charge is 2.21. The van der Waals surface area contributed by atoms with E-state index in [4.69, 9.17) is 4.74 Å². The zero-order valence-corrected chi connectivity index (χ0v) is 10.5. The Labute approximate surface area is 99.1 Å². The van der Waals surface area contributed by atoms with Gasteiger partial charge in [0.2, 0.25) is 0 Å². The molecule has 1 N–H and O–H groups in total. The molecule has 1 fully saturated rings. The molecule has 0 spiro atoms. The monoisotopic (exact) mass is 269 g/mol. The molecule has 1 aliphatic carbocycles. The van der Waals surface area contributed by atoms with Gasteiger partial charge >= 0.3 is 0 Å². The molecule has 0 heterocycles. The van der Waals surface area contributed by atoms with E-state index in [0.29, 0.717) is 0 Å². The molecule has 0 atom stereocenters. The van der Waals surface area contributed by atoms with Crippen molar-refractivity contribution in [2.75, 3.05) is 13.7 Å². The van der Waals surface area contributed by atoms with Crippen LogP contribution >= 0.6 is 15.9 Å². The maximum absolute atomic E-state index is 5.74. The molecule has 0 bridgehead atoms. The van der Waals surface area contributed by atoms with Gasteiger partial charge in [-0.1, -0.05) is 15.9 Å². The van der Waals surface area contributed by atoms with Gasteiger partial charge in [-0.25, -0.2) is 0 Å². The number of ether oxygens (including phenoxy) is 1. The summed E-state index contributed by atoms with van der Waals surface area (Å²) in [6, 6.07) is 6.24. The van der Waals surface area contributed by atoms with E-state index in [2.05, 4.69) is 33.4 Å². The third kappa shape index (κ3) is 3.50. The van der Waals surface area contributed by atoms with Gasteiger partial charge in [0.05, 0.1) is 6.61 Å². The van der Waals surface area contributed by atoms with E-state index in [-0.39, 0.29) is 0 Å². The van der Waals surface area contributed by atoms with Crippen molar-refractivity contribution in [1.82, 2.24) is 5.32 Å². The minimum Gasteiger partial charge on any atom is -0.493 e. The van der Waals surface area contributed by atoms with Crippen LogP contribution in [0.3, 0.4) is 0 Å². The maximum atomic E-state index is 5.74. The average Bonchev–Trinajstić information content (AvgIpc) is 2.98. The van der Waals surface area contributed by atoms with E-state index in [1.54, 1.807) is 0 Å². The van der Waals surface area contributed by atoms with Crippen molar-refractivity contribution in [2.45, 2.75) is 19.4 Å². The van der Waals surface area contributed by atoms with Crippen molar-refractivity contribution >= 4 is 15.9 Å². The Morgan fingerprint density at radius 1 is 1.40 bits per heavy atom. The minimum atomic E-state index is 0.803. The number of hydrogen-bond acceptors (Lipinski definition) is 2. The molecular formula is C12H16BrNO. The summed E-state index contributed by atoms with van der Waals surface area (Å²) in [6.45, 7) is 1.74. The molecule has 15 heavy (non-hydrogen) atoms. The molecule has 0 radical (unpaired) electrons. The Bertz CT molecular complexity index is 336. The second-order valence-electron chi connectivity index (χ2n) is 4.08. The van der Waals surface area contributed by atoms with Crippen molar-refractivity contribution in [3.8, 4) is 5.75 Å². The Kier molecular flexibility index (Phi) is 3.65. The molecule has 82 valence electrons. The summed E-state index contributed by atoms with van der Waals surface area (Å²) in [7, 11) is 1.95. The molecule has 0 aromatic heterocycles. The number of nitrogens with one attached hydrogen (secondary N) is 1. The molecule has 2 rings (SSSR count). The standard InChI is InChI=1S/C12H16BrNO/c1-14-7-10-4-11(13)6-12(5-10)15-8-9-2-3-9/h4-6,9,14H,2-3,7-8H2,1H3. The summed E-state index contributed by atoms with van der Waals surface area (Å²) in [6.07, 6.45) is 2.66. The lowest BCUT2D eigenvalue weighted by atomic mass is 10.2. The number of rotatable bonds is 5. The van der Waals surface area contributed by atoms with Gasteiger partial charge in [0.25, 0.3) is 0 Å². The third-order valence-electron chi connectivity index (χ3n) is 2.49. The van der Waals surface area contributed by atoms with Crippen LogP contribution in [-0.4, -0.2) is 13.7 Å². The van der Waals surface area contributed by atoms with Gasteiger partial charge in [0.1, 0.15) is 5.75 Å². The van der Waals surface area contributed by atoms with Crippen molar-refractivity contribution in [1.29, 1.82) is 0 Å². The normalized spacial score (nSPS) is 15.3. The van der Waals surface area contributed by atoms with Gasteiger partial charge in [-0.05, 0) is 49.6 Å². The van der Waals surface area contributed by atoms with Gasteiger partial charge in [-0.15, -0.1) is 0 Å². The highest BCUT2D eigenvalue weighted by molar-refractivity contribution is 9.10. The van der Waals surface area contributed by atoms with Crippen LogP contribution < -0.4 is 10.1 Å². The molecular weight excluding hydrogens is 254 g/mol. The topological polar surface area (TPSA) is 21.3 Å². The molecule has 0 amide bonds. The lowest BCUT2D eigenvalue weighted by Crippen LogP contribution is -2.06. The Morgan fingerprint density at radius 3 is 2.87 bits per heavy atom. The van der Waals surface area contributed by atoms with Gasteiger partial charge in [0.15, 0.2) is 0 Å². The average molecular weight is 270 g/mol. The molecule has 0 unspecified atom stereocenters. The van der Waals surface area contributed by atoms with Crippen molar-refractivity contribution in [3.05, 3.63) is 28.2 Å². The zero-order chi connectivity index (χ0) is 10.7. The van der Waals surface area contributed by atoms with Crippen LogP contribution in [-0.2, 0) is 6.54 Å². The second kappa shape index (κ2) is 4.99. The lowest BCUT2D eigenvalue weighted by molar-refractivity contribution is 0.299. The summed E-state index contributed by atoms with van der Waals surface area (Å²) < 4.78 is 6.82. The van der Waals surface area contributed by atoms with E-state index >= 15 is 0 Å². The molecule has 0 saturated heterocycles. The van der Waals surface area contributed by atoms with Crippen LogP contribution in [0.1, 0.15) is 18.4 Å². The first-order valence-corrected chi connectivity index (χ1v) is 6.14. The van der Waals surface area contributed by atoms with Crippen LogP contribution in [0.2, 0.25) is 0 Å².